The van der Waals surface area contributed by atoms with Crippen molar-refractivity contribution < 1.29 is 4.74 Å². The number of hydrogen-bond acceptors (Lipinski definition) is 3. The number of nitriles is 1. The average Bonchev–Trinajstić information content (AvgIpc) is 2.11. The minimum Gasteiger partial charge on any atom is -0.492 e. The van der Waals surface area contributed by atoms with Gasteiger partial charge in [0.25, 0.3) is 0 Å². The maximum atomic E-state index is 8.72. The Morgan fingerprint density at radius 1 is 1.62 bits per heavy atom. The molecule has 68 valence electrons. The Hall–Kier alpha value is -1.40. The summed E-state index contributed by atoms with van der Waals surface area (Å²) in [5.74, 6) is 0.503. The minimum atomic E-state index is 0.271. The predicted octanol–water partition coefficient (Wildman–Crippen LogP) is 2.19. The Bertz CT molecular complexity index is 357. The molecule has 1 rings (SSSR count). The smallest absolute Gasteiger partial charge is 0.143 e. The SMILES string of the molecule is CCOc1ccc(Cl)c(C#N)c1N. The van der Waals surface area contributed by atoms with Crippen molar-refractivity contribution >= 4 is 17.3 Å². The average molecular weight is 197 g/mol. The number of rotatable bonds is 2. The van der Waals surface area contributed by atoms with Crippen LogP contribution in [0.3, 0.4) is 0 Å². The maximum Gasteiger partial charge on any atom is 0.143 e. The molecule has 0 atom stereocenters. The van der Waals surface area contributed by atoms with Gasteiger partial charge in [0.1, 0.15) is 11.8 Å². The molecule has 13 heavy (non-hydrogen) atoms. The van der Waals surface area contributed by atoms with Crippen LogP contribution in [0.25, 0.3) is 0 Å². The number of halogens is 1. The number of hydrogen-bond donors (Lipinski definition) is 1. The second-order valence-corrected chi connectivity index (χ2v) is 2.79. The van der Waals surface area contributed by atoms with Crippen molar-refractivity contribution in [2.45, 2.75) is 6.92 Å². The predicted molar refractivity (Wildman–Crippen MR) is 51.7 cm³/mol. The van der Waals surface area contributed by atoms with Gasteiger partial charge in [0.05, 0.1) is 22.9 Å². The van der Waals surface area contributed by atoms with E-state index in [1.165, 1.54) is 0 Å². The fourth-order valence-corrected chi connectivity index (χ4v) is 1.18. The molecule has 0 aliphatic carbocycles. The summed E-state index contributed by atoms with van der Waals surface area (Å²) in [6.07, 6.45) is 0. The van der Waals surface area contributed by atoms with Gasteiger partial charge in [0, 0.05) is 0 Å². The molecule has 0 heterocycles. The standard InChI is InChI=1S/C9H9ClN2O/c1-2-13-8-4-3-7(10)6(5-11)9(8)12/h3-4H,2,12H2,1H3. The van der Waals surface area contributed by atoms with Crippen LogP contribution >= 0.6 is 11.6 Å². The van der Waals surface area contributed by atoms with Crippen molar-refractivity contribution in [3.8, 4) is 11.8 Å². The van der Waals surface area contributed by atoms with E-state index in [4.69, 9.17) is 27.3 Å². The van der Waals surface area contributed by atoms with Gasteiger partial charge in [-0.2, -0.15) is 5.26 Å². The monoisotopic (exact) mass is 196 g/mol. The first-order valence-corrected chi connectivity index (χ1v) is 4.19. The largest absolute Gasteiger partial charge is 0.492 e. The summed E-state index contributed by atoms with van der Waals surface area (Å²) < 4.78 is 5.20. The van der Waals surface area contributed by atoms with Crippen LogP contribution in [0.1, 0.15) is 12.5 Å². The van der Waals surface area contributed by atoms with Crippen LogP contribution in [-0.4, -0.2) is 6.61 Å². The Morgan fingerprint density at radius 2 is 2.31 bits per heavy atom. The molecule has 2 N–H and O–H groups in total. The summed E-state index contributed by atoms with van der Waals surface area (Å²) in [5, 5.41) is 9.07. The molecule has 4 heteroatoms. The number of ether oxygens (including phenoxy) is 1. The van der Waals surface area contributed by atoms with E-state index < -0.39 is 0 Å². The van der Waals surface area contributed by atoms with Crippen molar-refractivity contribution in [2.24, 2.45) is 0 Å². The first kappa shape index (κ1) is 9.69. The minimum absolute atomic E-state index is 0.271. The first-order valence-electron chi connectivity index (χ1n) is 3.81. The van der Waals surface area contributed by atoms with Crippen molar-refractivity contribution in [3.63, 3.8) is 0 Å². The number of anilines is 1. The van der Waals surface area contributed by atoms with E-state index in [0.29, 0.717) is 23.1 Å². The Labute approximate surface area is 81.7 Å². The van der Waals surface area contributed by atoms with Crippen LogP contribution in [0, 0.1) is 11.3 Å². The number of nitrogen functional groups attached to an aromatic ring is 1. The molecule has 0 bridgehead atoms. The van der Waals surface area contributed by atoms with Gasteiger partial charge in [-0.05, 0) is 19.1 Å². The van der Waals surface area contributed by atoms with E-state index in [2.05, 4.69) is 0 Å². The Morgan fingerprint density at radius 3 is 2.85 bits per heavy atom. The van der Waals surface area contributed by atoms with Gasteiger partial charge in [-0.1, -0.05) is 11.6 Å². The zero-order valence-electron chi connectivity index (χ0n) is 7.17. The van der Waals surface area contributed by atoms with Crippen molar-refractivity contribution in [3.05, 3.63) is 22.7 Å². The zero-order chi connectivity index (χ0) is 9.84. The lowest BCUT2D eigenvalue weighted by Crippen LogP contribution is -1.99. The molecule has 0 fully saturated rings. The number of nitrogens with two attached hydrogens (primary N) is 1. The van der Waals surface area contributed by atoms with Gasteiger partial charge < -0.3 is 10.5 Å². The molecule has 0 amide bonds. The molecule has 0 spiro atoms. The summed E-state index contributed by atoms with van der Waals surface area (Å²) in [5.41, 5.74) is 6.22. The Kier molecular flexibility index (Phi) is 2.99. The van der Waals surface area contributed by atoms with E-state index in [9.17, 15) is 0 Å². The van der Waals surface area contributed by atoms with Gasteiger partial charge in [-0.3, -0.25) is 0 Å². The van der Waals surface area contributed by atoms with Gasteiger partial charge in [-0.15, -0.1) is 0 Å². The van der Waals surface area contributed by atoms with E-state index in [1.807, 2.05) is 13.0 Å². The number of benzene rings is 1. The molecule has 0 saturated heterocycles. The molecule has 0 saturated carbocycles. The molecule has 0 aliphatic rings. The first-order chi connectivity index (χ1) is 6.20. The zero-order valence-corrected chi connectivity index (χ0v) is 7.93. The van der Waals surface area contributed by atoms with Crippen molar-refractivity contribution in [1.82, 2.24) is 0 Å². The molecule has 1 aromatic rings. The van der Waals surface area contributed by atoms with Crippen LogP contribution in [0.2, 0.25) is 5.02 Å². The quantitative estimate of drug-likeness (QED) is 0.738. The summed E-state index contributed by atoms with van der Waals surface area (Å²) in [7, 11) is 0. The molecule has 0 radical (unpaired) electrons. The summed E-state index contributed by atoms with van der Waals surface area (Å²) >= 11 is 5.74. The van der Waals surface area contributed by atoms with Crippen LogP contribution in [0.4, 0.5) is 5.69 Å². The number of nitrogens with zero attached hydrogens (tertiary/aromatic N) is 1. The summed E-state index contributed by atoms with van der Waals surface area (Å²) in [4.78, 5) is 0. The maximum absolute atomic E-state index is 8.72. The molecular weight excluding hydrogens is 188 g/mol. The molecule has 1 aromatic carbocycles. The molecule has 3 nitrogen and oxygen atoms in total. The van der Waals surface area contributed by atoms with Crippen molar-refractivity contribution in [1.29, 1.82) is 5.26 Å². The molecule has 0 aliphatic heterocycles. The lowest BCUT2D eigenvalue weighted by atomic mass is 10.2. The highest BCUT2D eigenvalue weighted by Gasteiger charge is 2.09. The van der Waals surface area contributed by atoms with Crippen LogP contribution in [0.15, 0.2) is 12.1 Å². The van der Waals surface area contributed by atoms with E-state index in [-0.39, 0.29) is 5.56 Å². The Balaban J connectivity index is 3.21. The van der Waals surface area contributed by atoms with E-state index in [0.717, 1.165) is 0 Å². The lowest BCUT2D eigenvalue weighted by molar-refractivity contribution is 0.342. The third-order valence-electron chi connectivity index (χ3n) is 1.57. The van der Waals surface area contributed by atoms with Gasteiger partial charge in [0.15, 0.2) is 0 Å². The third kappa shape index (κ3) is 1.85. The van der Waals surface area contributed by atoms with E-state index >= 15 is 0 Å². The van der Waals surface area contributed by atoms with E-state index in [1.54, 1.807) is 12.1 Å². The fourth-order valence-electron chi connectivity index (χ4n) is 0.969. The highest BCUT2D eigenvalue weighted by Crippen LogP contribution is 2.30. The highest BCUT2D eigenvalue weighted by atomic mass is 35.5. The van der Waals surface area contributed by atoms with Gasteiger partial charge >= 0.3 is 0 Å². The summed E-state index contributed by atoms with van der Waals surface area (Å²) in [6.45, 7) is 2.36. The molecule has 0 aromatic heterocycles. The molecule has 0 unspecified atom stereocenters. The van der Waals surface area contributed by atoms with Crippen molar-refractivity contribution in [2.75, 3.05) is 12.3 Å². The fraction of sp³-hybridized carbons (Fsp3) is 0.222. The van der Waals surface area contributed by atoms with Crippen LogP contribution in [0.5, 0.6) is 5.75 Å². The summed E-state index contributed by atoms with van der Waals surface area (Å²) in [6, 6.07) is 5.18. The topological polar surface area (TPSA) is 59.0 Å². The lowest BCUT2D eigenvalue weighted by Gasteiger charge is -2.08. The second kappa shape index (κ2) is 4.01. The molecular formula is C9H9ClN2O. The van der Waals surface area contributed by atoms with Crippen LogP contribution in [-0.2, 0) is 0 Å². The van der Waals surface area contributed by atoms with Gasteiger partial charge in [-0.25, -0.2) is 0 Å². The van der Waals surface area contributed by atoms with Gasteiger partial charge in [0.2, 0.25) is 0 Å². The second-order valence-electron chi connectivity index (χ2n) is 2.38. The van der Waals surface area contributed by atoms with Crippen LogP contribution < -0.4 is 10.5 Å². The normalized spacial score (nSPS) is 9.31. The third-order valence-corrected chi connectivity index (χ3v) is 1.88. The highest BCUT2D eigenvalue weighted by molar-refractivity contribution is 6.32.